The first-order chi connectivity index (χ1) is 7.20. The number of nitrogens with zero attached hydrogens (tertiary/aromatic N) is 1. The van der Waals surface area contributed by atoms with Gasteiger partial charge in [-0.05, 0) is 24.8 Å². The lowest BCUT2D eigenvalue weighted by Gasteiger charge is -2.11. The van der Waals surface area contributed by atoms with Gasteiger partial charge >= 0.3 is 0 Å². The molecule has 0 radical (unpaired) electrons. The molecule has 1 aromatic carbocycles. The first-order valence-electron chi connectivity index (χ1n) is 5.22. The van der Waals surface area contributed by atoms with Crippen molar-refractivity contribution in [1.29, 1.82) is 0 Å². The van der Waals surface area contributed by atoms with Crippen LogP contribution in [0.5, 0.6) is 0 Å². The number of hydrogen-bond donors (Lipinski definition) is 1. The standard InChI is InChI=1S/C11H14N2O2/c12-10-6-2-1-4-9-8(10)5-3-7-11(9)13(14)15/h3,5,7,10H,1-2,4,6,12H2/t10-/m1/s1. The molecule has 0 amide bonds. The highest BCUT2D eigenvalue weighted by molar-refractivity contribution is 5.47. The first-order valence-corrected chi connectivity index (χ1v) is 5.22. The van der Waals surface area contributed by atoms with Crippen molar-refractivity contribution in [2.24, 2.45) is 5.73 Å². The molecule has 0 fully saturated rings. The zero-order chi connectivity index (χ0) is 10.8. The Labute approximate surface area is 88.2 Å². The maximum absolute atomic E-state index is 10.9. The van der Waals surface area contributed by atoms with Gasteiger partial charge in [0.05, 0.1) is 4.92 Å². The monoisotopic (exact) mass is 206 g/mol. The molecule has 0 unspecified atom stereocenters. The van der Waals surface area contributed by atoms with Crippen molar-refractivity contribution in [2.75, 3.05) is 0 Å². The number of rotatable bonds is 1. The molecule has 0 saturated carbocycles. The van der Waals surface area contributed by atoms with E-state index in [1.807, 2.05) is 6.07 Å². The van der Waals surface area contributed by atoms with Gasteiger partial charge in [-0.3, -0.25) is 10.1 Å². The largest absolute Gasteiger partial charge is 0.324 e. The van der Waals surface area contributed by atoms with Gasteiger partial charge in [-0.15, -0.1) is 0 Å². The number of hydrogen-bond acceptors (Lipinski definition) is 3. The fourth-order valence-corrected chi connectivity index (χ4v) is 2.20. The Kier molecular flexibility index (Phi) is 2.68. The molecular weight excluding hydrogens is 192 g/mol. The average molecular weight is 206 g/mol. The van der Waals surface area contributed by atoms with E-state index < -0.39 is 0 Å². The molecule has 80 valence electrons. The van der Waals surface area contributed by atoms with E-state index in [1.165, 1.54) is 0 Å². The fourth-order valence-electron chi connectivity index (χ4n) is 2.20. The average Bonchev–Trinajstić information content (AvgIpc) is 2.40. The molecule has 1 atom stereocenters. The highest BCUT2D eigenvalue weighted by atomic mass is 16.6. The zero-order valence-electron chi connectivity index (χ0n) is 8.48. The minimum Gasteiger partial charge on any atom is -0.324 e. The molecule has 4 heteroatoms. The molecule has 2 rings (SSSR count). The Morgan fingerprint density at radius 3 is 2.93 bits per heavy atom. The Morgan fingerprint density at radius 1 is 1.40 bits per heavy atom. The molecule has 0 heterocycles. The van der Waals surface area contributed by atoms with Crippen LogP contribution in [0, 0.1) is 10.1 Å². The third-order valence-corrected chi connectivity index (χ3v) is 2.98. The SMILES string of the molecule is N[C@@H]1CCCCc2c1cccc2[N+](=O)[O-]. The Hall–Kier alpha value is -1.42. The quantitative estimate of drug-likeness (QED) is 0.435. The Balaban J connectivity index is 2.53. The summed E-state index contributed by atoms with van der Waals surface area (Å²) < 4.78 is 0. The van der Waals surface area contributed by atoms with Gasteiger partial charge in [-0.25, -0.2) is 0 Å². The van der Waals surface area contributed by atoms with Crippen LogP contribution in [-0.4, -0.2) is 4.92 Å². The zero-order valence-corrected chi connectivity index (χ0v) is 8.48. The van der Waals surface area contributed by atoms with E-state index in [2.05, 4.69) is 0 Å². The lowest BCUT2D eigenvalue weighted by atomic mass is 9.98. The molecule has 0 bridgehead atoms. The van der Waals surface area contributed by atoms with Gasteiger partial charge in [-0.1, -0.05) is 18.6 Å². The van der Waals surface area contributed by atoms with Crippen LogP contribution in [0.1, 0.15) is 36.4 Å². The first kappa shape index (κ1) is 10.1. The highest BCUT2D eigenvalue weighted by Gasteiger charge is 2.22. The second-order valence-electron chi connectivity index (χ2n) is 3.95. The molecule has 1 aliphatic carbocycles. The van der Waals surface area contributed by atoms with Crippen LogP contribution in [0.25, 0.3) is 0 Å². The molecule has 0 aliphatic heterocycles. The van der Waals surface area contributed by atoms with Gasteiger partial charge in [0.1, 0.15) is 0 Å². The summed E-state index contributed by atoms with van der Waals surface area (Å²) in [5.41, 5.74) is 8.02. The number of nitrogens with two attached hydrogens (primary N) is 1. The summed E-state index contributed by atoms with van der Waals surface area (Å²) in [6.45, 7) is 0. The van der Waals surface area contributed by atoms with Crippen LogP contribution in [0.3, 0.4) is 0 Å². The van der Waals surface area contributed by atoms with Crippen molar-refractivity contribution in [3.63, 3.8) is 0 Å². The number of benzene rings is 1. The lowest BCUT2D eigenvalue weighted by Crippen LogP contribution is -2.11. The molecule has 15 heavy (non-hydrogen) atoms. The lowest BCUT2D eigenvalue weighted by molar-refractivity contribution is -0.385. The summed E-state index contributed by atoms with van der Waals surface area (Å²) in [6, 6.07) is 5.17. The van der Waals surface area contributed by atoms with Crippen LogP contribution in [0.4, 0.5) is 5.69 Å². The summed E-state index contributed by atoms with van der Waals surface area (Å²) in [6.07, 6.45) is 3.74. The van der Waals surface area contributed by atoms with Crippen LogP contribution < -0.4 is 5.73 Å². The van der Waals surface area contributed by atoms with E-state index in [-0.39, 0.29) is 16.7 Å². The van der Waals surface area contributed by atoms with Crippen LogP contribution in [0.15, 0.2) is 18.2 Å². The van der Waals surface area contributed by atoms with Crippen LogP contribution in [-0.2, 0) is 6.42 Å². The van der Waals surface area contributed by atoms with Gasteiger partial charge in [0.15, 0.2) is 0 Å². The molecule has 0 saturated heterocycles. The maximum Gasteiger partial charge on any atom is 0.272 e. The molecule has 0 aromatic heterocycles. The highest BCUT2D eigenvalue weighted by Crippen LogP contribution is 2.32. The van der Waals surface area contributed by atoms with Crippen molar-refractivity contribution in [3.05, 3.63) is 39.4 Å². The summed E-state index contributed by atoms with van der Waals surface area (Å²) in [7, 11) is 0. The van der Waals surface area contributed by atoms with E-state index in [0.717, 1.165) is 36.8 Å². The van der Waals surface area contributed by atoms with Gasteiger partial charge in [0, 0.05) is 17.7 Å². The Bertz CT molecular complexity index is 390. The predicted molar refractivity (Wildman–Crippen MR) is 57.6 cm³/mol. The molecule has 0 spiro atoms. The van der Waals surface area contributed by atoms with E-state index in [4.69, 9.17) is 5.73 Å². The predicted octanol–water partition coefficient (Wildman–Crippen LogP) is 2.32. The van der Waals surface area contributed by atoms with E-state index in [1.54, 1.807) is 12.1 Å². The number of fused-ring (bicyclic) bond motifs is 1. The second kappa shape index (κ2) is 3.98. The third-order valence-electron chi connectivity index (χ3n) is 2.98. The molecular formula is C11H14N2O2. The van der Waals surface area contributed by atoms with E-state index in [0.29, 0.717) is 0 Å². The van der Waals surface area contributed by atoms with E-state index in [9.17, 15) is 10.1 Å². The summed E-state index contributed by atoms with van der Waals surface area (Å²) in [4.78, 5) is 10.5. The molecule has 1 aromatic rings. The minimum absolute atomic E-state index is 0.0394. The summed E-state index contributed by atoms with van der Waals surface area (Å²) in [5, 5.41) is 10.9. The topological polar surface area (TPSA) is 69.2 Å². The minimum atomic E-state index is -0.309. The van der Waals surface area contributed by atoms with Crippen molar-refractivity contribution in [1.82, 2.24) is 0 Å². The van der Waals surface area contributed by atoms with Crippen molar-refractivity contribution in [2.45, 2.75) is 31.7 Å². The Morgan fingerprint density at radius 2 is 2.20 bits per heavy atom. The molecule has 1 aliphatic rings. The van der Waals surface area contributed by atoms with Gasteiger partial charge < -0.3 is 5.73 Å². The van der Waals surface area contributed by atoms with E-state index >= 15 is 0 Å². The van der Waals surface area contributed by atoms with Gasteiger partial charge in [0.25, 0.3) is 5.69 Å². The number of nitro benzene ring substituents is 1. The smallest absolute Gasteiger partial charge is 0.272 e. The normalized spacial score (nSPS) is 20.5. The number of nitro groups is 1. The van der Waals surface area contributed by atoms with Crippen molar-refractivity contribution >= 4 is 5.69 Å². The summed E-state index contributed by atoms with van der Waals surface area (Å²) >= 11 is 0. The molecule has 4 nitrogen and oxygen atoms in total. The van der Waals surface area contributed by atoms with Crippen LogP contribution >= 0.6 is 0 Å². The third kappa shape index (κ3) is 1.85. The van der Waals surface area contributed by atoms with Crippen molar-refractivity contribution < 1.29 is 4.92 Å². The second-order valence-corrected chi connectivity index (χ2v) is 3.95. The van der Waals surface area contributed by atoms with Crippen molar-refractivity contribution in [3.8, 4) is 0 Å². The maximum atomic E-state index is 10.9. The summed E-state index contributed by atoms with van der Waals surface area (Å²) in [5.74, 6) is 0. The van der Waals surface area contributed by atoms with Crippen LogP contribution in [0.2, 0.25) is 0 Å². The molecule has 2 N–H and O–H groups in total. The van der Waals surface area contributed by atoms with Gasteiger partial charge in [0.2, 0.25) is 0 Å². The van der Waals surface area contributed by atoms with Gasteiger partial charge in [-0.2, -0.15) is 0 Å². The fraction of sp³-hybridized carbons (Fsp3) is 0.455.